The fourth-order valence-corrected chi connectivity index (χ4v) is 3.26. The summed E-state index contributed by atoms with van der Waals surface area (Å²) in [6.45, 7) is 4.49. The quantitative estimate of drug-likeness (QED) is 0.755. The van der Waals surface area contributed by atoms with E-state index in [9.17, 15) is 4.79 Å². The van der Waals surface area contributed by atoms with Crippen molar-refractivity contribution in [1.82, 2.24) is 20.0 Å². The van der Waals surface area contributed by atoms with Gasteiger partial charge in [-0.2, -0.15) is 5.10 Å². The average Bonchev–Trinajstić information content (AvgIpc) is 3.33. The minimum atomic E-state index is -0.287. The highest BCUT2D eigenvalue weighted by Crippen LogP contribution is 2.18. The molecular weight excluding hydrogens is 340 g/mol. The van der Waals surface area contributed by atoms with Gasteiger partial charge in [0, 0.05) is 19.2 Å². The van der Waals surface area contributed by atoms with E-state index in [4.69, 9.17) is 0 Å². The third kappa shape index (κ3) is 3.97. The second-order valence-electron chi connectivity index (χ2n) is 6.74. The number of hydrogen-bond donors (Lipinski definition) is 1. The molecule has 1 aliphatic heterocycles. The van der Waals surface area contributed by atoms with Crippen molar-refractivity contribution in [2.24, 2.45) is 0 Å². The van der Waals surface area contributed by atoms with Crippen LogP contribution in [0.2, 0.25) is 0 Å². The second kappa shape index (κ2) is 7.57. The van der Waals surface area contributed by atoms with E-state index in [2.05, 4.69) is 25.5 Å². The number of anilines is 2. The molecule has 0 bridgehead atoms. The Labute approximate surface area is 158 Å². The summed E-state index contributed by atoms with van der Waals surface area (Å²) in [6, 6.07) is 15.5. The molecule has 0 unspecified atom stereocenters. The van der Waals surface area contributed by atoms with Gasteiger partial charge in [-0.15, -0.1) is 10.2 Å². The first-order valence-electron chi connectivity index (χ1n) is 9.17. The first kappa shape index (κ1) is 17.2. The Balaban J connectivity index is 1.48. The lowest BCUT2D eigenvalue weighted by Crippen LogP contribution is -2.21. The molecule has 1 fully saturated rings. The third-order valence-electron chi connectivity index (χ3n) is 4.63. The minimum Gasteiger partial charge on any atom is -0.355 e. The molecule has 3 heterocycles. The summed E-state index contributed by atoms with van der Waals surface area (Å²) in [4.78, 5) is 14.8. The molecule has 138 valence electrons. The van der Waals surface area contributed by atoms with Crippen molar-refractivity contribution < 1.29 is 4.79 Å². The van der Waals surface area contributed by atoms with E-state index in [1.54, 1.807) is 10.7 Å². The van der Waals surface area contributed by atoms with E-state index in [0.29, 0.717) is 18.1 Å². The van der Waals surface area contributed by atoms with Crippen LogP contribution in [-0.2, 0) is 6.54 Å². The highest BCUT2D eigenvalue weighted by molar-refractivity contribution is 6.02. The summed E-state index contributed by atoms with van der Waals surface area (Å²) in [5.41, 5.74) is 2.26. The van der Waals surface area contributed by atoms with Gasteiger partial charge < -0.3 is 10.2 Å². The zero-order chi connectivity index (χ0) is 18.6. The number of aromatic nitrogens is 4. The van der Waals surface area contributed by atoms with Gasteiger partial charge in [0.2, 0.25) is 0 Å². The number of benzene rings is 1. The van der Waals surface area contributed by atoms with Gasteiger partial charge in [-0.3, -0.25) is 4.79 Å². The van der Waals surface area contributed by atoms with Gasteiger partial charge in [0.15, 0.2) is 11.5 Å². The molecule has 27 heavy (non-hydrogen) atoms. The van der Waals surface area contributed by atoms with E-state index >= 15 is 0 Å². The van der Waals surface area contributed by atoms with Gasteiger partial charge in [-0.05, 0) is 37.5 Å². The Bertz CT molecular complexity index is 913. The zero-order valence-electron chi connectivity index (χ0n) is 15.3. The van der Waals surface area contributed by atoms with Crippen LogP contribution in [0.3, 0.4) is 0 Å². The fourth-order valence-electron chi connectivity index (χ4n) is 3.26. The molecule has 3 aromatic rings. The molecule has 7 heteroatoms. The first-order valence-corrected chi connectivity index (χ1v) is 9.17. The van der Waals surface area contributed by atoms with Crippen LogP contribution in [0.1, 0.15) is 34.6 Å². The number of nitrogens with zero attached hydrogens (tertiary/aromatic N) is 5. The summed E-state index contributed by atoms with van der Waals surface area (Å²) >= 11 is 0. The number of hydrogen-bond acceptors (Lipinski definition) is 5. The summed E-state index contributed by atoms with van der Waals surface area (Å²) in [6.07, 6.45) is 2.35. The van der Waals surface area contributed by atoms with Crippen molar-refractivity contribution in [3.8, 4) is 0 Å². The molecule has 0 radical (unpaired) electrons. The molecule has 1 aliphatic rings. The maximum Gasteiger partial charge on any atom is 0.277 e. The number of carbonyl (C=O) groups is 1. The Kier molecular flexibility index (Phi) is 4.82. The average molecular weight is 362 g/mol. The minimum absolute atomic E-state index is 0.287. The van der Waals surface area contributed by atoms with Crippen LogP contribution in [0.5, 0.6) is 0 Å². The summed E-state index contributed by atoms with van der Waals surface area (Å²) in [5, 5.41) is 15.7. The van der Waals surface area contributed by atoms with Gasteiger partial charge in [-0.1, -0.05) is 30.3 Å². The van der Waals surface area contributed by atoms with Crippen LogP contribution >= 0.6 is 0 Å². The topological polar surface area (TPSA) is 75.9 Å². The molecule has 1 amide bonds. The predicted octanol–water partition coefficient (Wildman–Crippen LogP) is 2.88. The lowest BCUT2D eigenvalue weighted by Gasteiger charge is -2.15. The molecular formula is C20H22N6O. The van der Waals surface area contributed by atoms with Crippen molar-refractivity contribution in [2.75, 3.05) is 23.3 Å². The Morgan fingerprint density at radius 2 is 1.85 bits per heavy atom. The van der Waals surface area contributed by atoms with E-state index in [1.807, 2.05) is 49.4 Å². The van der Waals surface area contributed by atoms with Crippen molar-refractivity contribution >= 4 is 17.5 Å². The lowest BCUT2D eigenvalue weighted by molar-refractivity contribution is 0.102. The van der Waals surface area contributed by atoms with Crippen LogP contribution in [0.4, 0.5) is 11.6 Å². The molecule has 0 spiro atoms. The molecule has 1 aromatic carbocycles. The highest BCUT2D eigenvalue weighted by atomic mass is 16.2. The van der Waals surface area contributed by atoms with Crippen LogP contribution in [0, 0.1) is 6.92 Å². The molecule has 7 nitrogen and oxygen atoms in total. The number of rotatable bonds is 5. The van der Waals surface area contributed by atoms with Gasteiger partial charge in [0.25, 0.3) is 5.91 Å². The maximum atomic E-state index is 12.6. The number of nitrogens with one attached hydrogen (secondary N) is 1. The molecule has 0 aliphatic carbocycles. The molecule has 1 N–H and O–H groups in total. The number of amides is 1. The van der Waals surface area contributed by atoms with Crippen molar-refractivity contribution in [3.05, 3.63) is 65.5 Å². The van der Waals surface area contributed by atoms with Crippen LogP contribution in [-0.4, -0.2) is 39.0 Å². The summed E-state index contributed by atoms with van der Waals surface area (Å²) < 4.78 is 1.79. The van der Waals surface area contributed by atoms with Crippen LogP contribution < -0.4 is 10.2 Å². The molecule has 4 rings (SSSR count). The third-order valence-corrected chi connectivity index (χ3v) is 4.63. The predicted molar refractivity (Wildman–Crippen MR) is 104 cm³/mol. The fraction of sp³-hybridized carbons (Fsp3) is 0.300. The second-order valence-corrected chi connectivity index (χ2v) is 6.74. The lowest BCUT2D eigenvalue weighted by atomic mass is 10.2. The van der Waals surface area contributed by atoms with E-state index in [1.165, 1.54) is 12.8 Å². The number of aryl methyl sites for hydroxylation is 1. The Morgan fingerprint density at radius 1 is 1.07 bits per heavy atom. The number of carbonyl (C=O) groups excluding carboxylic acids is 1. The SMILES string of the molecule is Cc1cc(NC(=O)c2ccc(N3CCCC3)nn2)n(Cc2ccccc2)n1. The van der Waals surface area contributed by atoms with Gasteiger partial charge in [0.1, 0.15) is 5.82 Å². The normalized spacial score (nSPS) is 13.7. The van der Waals surface area contributed by atoms with Crippen molar-refractivity contribution in [3.63, 3.8) is 0 Å². The summed E-state index contributed by atoms with van der Waals surface area (Å²) in [7, 11) is 0. The monoisotopic (exact) mass is 362 g/mol. The van der Waals surface area contributed by atoms with E-state index < -0.39 is 0 Å². The van der Waals surface area contributed by atoms with E-state index in [0.717, 1.165) is 30.2 Å². The van der Waals surface area contributed by atoms with Crippen molar-refractivity contribution in [2.45, 2.75) is 26.3 Å². The molecule has 0 saturated carbocycles. The van der Waals surface area contributed by atoms with Gasteiger partial charge in [-0.25, -0.2) is 4.68 Å². The standard InChI is InChI=1S/C20H22N6O/c1-15-13-19(26(24-15)14-16-7-3-2-4-8-16)21-20(27)17-9-10-18(23-22-17)25-11-5-6-12-25/h2-4,7-10,13H,5-6,11-12,14H2,1H3,(H,21,27). The Morgan fingerprint density at radius 3 is 2.56 bits per heavy atom. The zero-order valence-corrected chi connectivity index (χ0v) is 15.3. The highest BCUT2D eigenvalue weighted by Gasteiger charge is 2.16. The maximum absolute atomic E-state index is 12.6. The van der Waals surface area contributed by atoms with Crippen LogP contribution in [0.25, 0.3) is 0 Å². The first-order chi connectivity index (χ1) is 13.2. The largest absolute Gasteiger partial charge is 0.355 e. The van der Waals surface area contributed by atoms with Crippen LogP contribution in [0.15, 0.2) is 48.5 Å². The van der Waals surface area contributed by atoms with Gasteiger partial charge in [0.05, 0.1) is 12.2 Å². The summed E-state index contributed by atoms with van der Waals surface area (Å²) in [5.74, 6) is 1.19. The van der Waals surface area contributed by atoms with Crippen molar-refractivity contribution in [1.29, 1.82) is 0 Å². The molecule has 2 aromatic heterocycles. The molecule has 1 saturated heterocycles. The Hall–Kier alpha value is -3.22. The van der Waals surface area contributed by atoms with Gasteiger partial charge >= 0.3 is 0 Å². The molecule has 0 atom stereocenters. The smallest absolute Gasteiger partial charge is 0.277 e. The van der Waals surface area contributed by atoms with E-state index in [-0.39, 0.29) is 5.91 Å².